The largest absolute Gasteiger partial charge is 0.494 e. The third kappa shape index (κ3) is 5.59. The molecule has 162 valence electrons. The van der Waals surface area contributed by atoms with E-state index in [1.54, 1.807) is 11.3 Å². The van der Waals surface area contributed by atoms with E-state index in [0.717, 1.165) is 80.7 Å². The van der Waals surface area contributed by atoms with Crippen LogP contribution in [0.3, 0.4) is 0 Å². The van der Waals surface area contributed by atoms with Gasteiger partial charge in [0.05, 0.1) is 18.8 Å². The number of thiazole rings is 1. The van der Waals surface area contributed by atoms with Gasteiger partial charge in [-0.15, -0.1) is 11.3 Å². The van der Waals surface area contributed by atoms with E-state index in [9.17, 15) is 4.79 Å². The number of amides is 1. The average molecular weight is 429 g/mol. The van der Waals surface area contributed by atoms with Crippen LogP contribution in [0.25, 0.3) is 10.6 Å². The Morgan fingerprint density at radius 1 is 1.00 bits per heavy atom. The van der Waals surface area contributed by atoms with Crippen LogP contribution in [0, 0.1) is 0 Å². The highest BCUT2D eigenvalue weighted by Gasteiger charge is 2.23. The van der Waals surface area contributed by atoms with Gasteiger partial charge in [-0.25, -0.2) is 4.98 Å². The summed E-state index contributed by atoms with van der Waals surface area (Å²) in [7, 11) is 0. The SMILES string of the molecule is CCOc1ccc(-c2nc(CN3CCN(CC(=O)N4CCCCC4)CC3)cs2)cc1. The van der Waals surface area contributed by atoms with Crippen molar-refractivity contribution in [1.82, 2.24) is 19.7 Å². The number of aromatic nitrogens is 1. The number of nitrogens with zero attached hydrogens (tertiary/aromatic N) is 4. The molecular formula is C23H32N4O2S. The van der Waals surface area contributed by atoms with Crippen molar-refractivity contribution in [2.75, 3.05) is 52.4 Å². The van der Waals surface area contributed by atoms with Gasteiger partial charge in [-0.3, -0.25) is 14.6 Å². The molecule has 0 saturated carbocycles. The molecule has 0 radical (unpaired) electrons. The summed E-state index contributed by atoms with van der Waals surface area (Å²) >= 11 is 1.70. The molecule has 0 unspecified atom stereocenters. The molecule has 2 saturated heterocycles. The van der Waals surface area contributed by atoms with Gasteiger partial charge in [0.1, 0.15) is 10.8 Å². The number of likely N-dealkylation sites (tertiary alicyclic amines) is 1. The first-order chi connectivity index (χ1) is 14.7. The first kappa shape index (κ1) is 21.3. The minimum Gasteiger partial charge on any atom is -0.494 e. The zero-order valence-electron chi connectivity index (χ0n) is 17.9. The molecule has 0 atom stereocenters. The van der Waals surface area contributed by atoms with Crippen LogP contribution in [-0.4, -0.2) is 78.0 Å². The molecule has 30 heavy (non-hydrogen) atoms. The Balaban J connectivity index is 1.24. The maximum Gasteiger partial charge on any atom is 0.236 e. The number of hydrogen-bond acceptors (Lipinski definition) is 6. The minimum absolute atomic E-state index is 0.308. The van der Waals surface area contributed by atoms with Crippen LogP contribution in [0.1, 0.15) is 31.9 Å². The number of piperazine rings is 1. The summed E-state index contributed by atoms with van der Waals surface area (Å²) in [4.78, 5) is 24.1. The minimum atomic E-state index is 0.308. The predicted octanol–water partition coefficient (Wildman–Crippen LogP) is 3.34. The Labute approximate surface area is 183 Å². The van der Waals surface area contributed by atoms with Crippen LogP contribution < -0.4 is 4.74 Å². The van der Waals surface area contributed by atoms with E-state index < -0.39 is 0 Å². The Bertz CT molecular complexity index is 809. The second kappa shape index (κ2) is 10.4. The Morgan fingerprint density at radius 2 is 1.70 bits per heavy atom. The zero-order valence-corrected chi connectivity index (χ0v) is 18.7. The van der Waals surface area contributed by atoms with Crippen LogP contribution >= 0.6 is 11.3 Å². The van der Waals surface area contributed by atoms with Crippen molar-refractivity contribution < 1.29 is 9.53 Å². The highest BCUT2D eigenvalue weighted by Crippen LogP contribution is 2.26. The standard InChI is InChI=1S/C23H32N4O2S/c1-2-29-21-8-6-19(7-9-21)23-24-20(18-30-23)16-25-12-14-26(15-13-25)17-22(28)27-10-4-3-5-11-27/h6-9,18H,2-5,10-17H2,1H3. The number of hydrogen-bond donors (Lipinski definition) is 0. The normalized spacial score (nSPS) is 18.5. The summed E-state index contributed by atoms with van der Waals surface area (Å²) in [6.07, 6.45) is 3.58. The van der Waals surface area contributed by atoms with Gasteiger partial charge in [0.2, 0.25) is 5.91 Å². The summed E-state index contributed by atoms with van der Waals surface area (Å²) in [6, 6.07) is 8.16. The lowest BCUT2D eigenvalue weighted by Gasteiger charge is -2.35. The van der Waals surface area contributed by atoms with Gasteiger partial charge in [0.25, 0.3) is 0 Å². The van der Waals surface area contributed by atoms with Gasteiger partial charge in [-0.05, 0) is 50.5 Å². The molecule has 0 spiro atoms. The lowest BCUT2D eigenvalue weighted by atomic mass is 10.1. The average Bonchev–Trinajstić information content (AvgIpc) is 3.25. The molecule has 2 aliphatic heterocycles. The second-order valence-electron chi connectivity index (χ2n) is 8.10. The fourth-order valence-electron chi connectivity index (χ4n) is 4.14. The highest BCUT2D eigenvalue weighted by molar-refractivity contribution is 7.13. The monoisotopic (exact) mass is 428 g/mol. The van der Waals surface area contributed by atoms with E-state index >= 15 is 0 Å². The van der Waals surface area contributed by atoms with Crippen molar-refractivity contribution in [3.05, 3.63) is 35.3 Å². The highest BCUT2D eigenvalue weighted by atomic mass is 32.1. The van der Waals surface area contributed by atoms with Crippen molar-refractivity contribution in [3.8, 4) is 16.3 Å². The van der Waals surface area contributed by atoms with E-state index in [2.05, 4.69) is 27.3 Å². The molecule has 3 heterocycles. The molecule has 0 bridgehead atoms. The third-order valence-electron chi connectivity index (χ3n) is 5.88. The van der Waals surface area contributed by atoms with Gasteiger partial charge in [0.15, 0.2) is 0 Å². The Morgan fingerprint density at radius 3 is 2.40 bits per heavy atom. The maximum absolute atomic E-state index is 12.5. The van der Waals surface area contributed by atoms with Crippen molar-refractivity contribution >= 4 is 17.2 Å². The fraction of sp³-hybridized carbons (Fsp3) is 0.565. The summed E-state index contributed by atoms with van der Waals surface area (Å²) in [5.74, 6) is 1.21. The molecular weight excluding hydrogens is 396 g/mol. The Hall–Kier alpha value is -1.96. The van der Waals surface area contributed by atoms with E-state index in [1.807, 2.05) is 24.0 Å². The van der Waals surface area contributed by atoms with E-state index in [0.29, 0.717) is 19.1 Å². The lowest BCUT2D eigenvalue weighted by molar-refractivity contribution is -0.133. The first-order valence-electron chi connectivity index (χ1n) is 11.1. The smallest absolute Gasteiger partial charge is 0.236 e. The molecule has 1 aromatic carbocycles. The van der Waals surface area contributed by atoms with Crippen molar-refractivity contribution in [3.63, 3.8) is 0 Å². The van der Waals surface area contributed by atoms with Crippen molar-refractivity contribution in [2.45, 2.75) is 32.7 Å². The maximum atomic E-state index is 12.5. The van der Waals surface area contributed by atoms with Crippen LogP contribution in [0.2, 0.25) is 0 Å². The lowest BCUT2D eigenvalue weighted by Crippen LogP contribution is -2.50. The number of carbonyl (C=O) groups excluding carboxylic acids is 1. The van der Waals surface area contributed by atoms with Crippen molar-refractivity contribution in [2.24, 2.45) is 0 Å². The van der Waals surface area contributed by atoms with Crippen LogP contribution in [0.15, 0.2) is 29.6 Å². The number of piperidine rings is 1. The zero-order chi connectivity index (χ0) is 20.8. The number of ether oxygens (including phenoxy) is 1. The molecule has 6 nitrogen and oxygen atoms in total. The van der Waals surface area contributed by atoms with Gasteiger partial charge in [-0.1, -0.05) is 0 Å². The summed E-state index contributed by atoms with van der Waals surface area (Å²) in [5, 5.41) is 3.22. The molecule has 0 N–H and O–H groups in total. The molecule has 4 rings (SSSR count). The molecule has 1 aromatic heterocycles. The molecule has 2 aromatic rings. The summed E-state index contributed by atoms with van der Waals surface area (Å²) < 4.78 is 5.52. The third-order valence-corrected chi connectivity index (χ3v) is 6.82. The van der Waals surface area contributed by atoms with Crippen LogP contribution in [-0.2, 0) is 11.3 Å². The molecule has 0 aliphatic carbocycles. The summed E-state index contributed by atoms with van der Waals surface area (Å²) in [6.45, 7) is 9.90. The van der Waals surface area contributed by atoms with E-state index in [1.165, 1.54) is 6.42 Å². The molecule has 1 amide bonds. The topological polar surface area (TPSA) is 48.9 Å². The second-order valence-corrected chi connectivity index (χ2v) is 8.95. The van der Waals surface area contributed by atoms with Gasteiger partial charge in [-0.2, -0.15) is 0 Å². The molecule has 2 aliphatic rings. The molecule has 2 fully saturated rings. The van der Waals surface area contributed by atoms with Gasteiger partial charge >= 0.3 is 0 Å². The molecule has 7 heteroatoms. The van der Waals surface area contributed by atoms with E-state index in [-0.39, 0.29) is 0 Å². The quantitative estimate of drug-likeness (QED) is 0.677. The number of benzene rings is 1. The number of carbonyl (C=O) groups is 1. The Kier molecular flexibility index (Phi) is 7.36. The van der Waals surface area contributed by atoms with Crippen LogP contribution in [0.5, 0.6) is 5.75 Å². The van der Waals surface area contributed by atoms with Crippen molar-refractivity contribution in [1.29, 1.82) is 0 Å². The fourth-order valence-corrected chi connectivity index (χ4v) is 4.96. The van der Waals surface area contributed by atoms with Crippen LogP contribution in [0.4, 0.5) is 0 Å². The number of rotatable bonds is 7. The van der Waals surface area contributed by atoms with Gasteiger partial charge < -0.3 is 9.64 Å². The first-order valence-corrected chi connectivity index (χ1v) is 12.0. The van der Waals surface area contributed by atoms with Gasteiger partial charge in [0, 0.05) is 56.8 Å². The summed E-state index contributed by atoms with van der Waals surface area (Å²) in [5.41, 5.74) is 2.26. The van der Waals surface area contributed by atoms with E-state index in [4.69, 9.17) is 9.72 Å². The predicted molar refractivity (Wildman–Crippen MR) is 121 cm³/mol.